The van der Waals surface area contributed by atoms with Crippen LogP contribution in [0.2, 0.25) is 0 Å². The second-order valence-electron chi connectivity index (χ2n) is 2.57. The third kappa shape index (κ3) is 1.40. The van der Waals surface area contributed by atoms with Crippen molar-refractivity contribution < 1.29 is 4.39 Å². The number of nitrogens with one attached hydrogen (secondary N) is 2. The monoisotopic (exact) mass is 212 g/mol. The molecule has 1 aromatic heterocycles. The van der Waals surface area contributed by atoms with Crippen molar-refractivity contribution in [2.45, 2.75) is 0 Å². The fourth-order valence-corrected chi connectivity index (χ4v) is 1.70. The molecule has 0 atom stereocenters. The van der Waals surface area contributed by atoms with Crippen LogP contribution in [0.5, 0.6) is 0 Å². The van der Waals surface area contributed by atoms with Crippen LogP contribution in [0, 0.1) is 15.2 Å². The number of fused-ring (bicyclic) bond motifs is 1. The molecule has 0 amide bonds. The van der Waals surface area contributed by atoms with Crippen molar-refractivity contribution in [1.29, 1.82) is 0 Å². The van der Waals surface area contributed by atoms with Crippen LogP contribution in [0.1, 0.15) is 0 Å². The van der Waals surface area contributed by atoms with E-state index in [0.29, 0.717) is 20.3 Å². The van der Waals surface area contributed by atoms with Gasteiger partial charge in [0, 0.05) is 5.39 Å². The summed E-state index contributed by atoms with van der Waals surface area (Å²) in [6.45, 7) is 0. The summed E-state index contributed by atoms with van der Waals surface area (Å²) >= 11 is 9.83. The summed E-state index contributed by atoms with van der Waals surface area (Å²) in [6, 6.07) is 4.71. The van der Waals surface area contributed by atoms with Gasteiger partial charge in [-0.2, -0.15) is 0 Å². The van der Waals surface area contributed by atoms with Crippen LogP contribution in [0.25, 0.3) is 10.9 Å². The Hall–Kier alpha value is -1.07. The molecule has 1 aromatic carbocycles. The molecule has 0 aliphatic carbocycles. The number of hydrogen-bond donors (Lipinski definition) is 2. The molecule has 0 radical (unpaired) electrons. The number of aromatic nitrogens is 2. The first-order valence-electron chi connectivity index (χ1n) is 3.59. The van der Waals surface area contributed by atoms with E-state index in [0.717, 1.165) is 0 Å². The standard InChI is InChI=1S/C8H5FN2S2/c9-5-3-1-2-4-6(5)10-8(13)11-7(4)12/h1-3H,(H2,10,11,12,13). The highest BCUT2D eigenvalue weighted by Crippen LogP contribution is 2.14. The summed E-state index contributed by atoms with van der Waals surface area (Å²) in [5, 5.41) is 0.642. The van der Waals surface area contributed by atoms with Gasteiger partial charge in [-0.3, -0.25) is 0 Å². The molecule has 2 nitrogen and oxygen atoms in total. The highest BCUT2D eigenvalue weighted by Gasteiger charge is 2.00. The largest absolute Gasteiger partial charge is 0.329 e. The SMILES string of the molecule is Fc1cccc2c(=S)[nH]c(=S)[nH]c12. The van der Waals surface area contributed by atoms with Crippen LogP contribution in [0.4, 0.5) is 4.39 Å². The van der Waals surface area contributed by atoms with E-state index >= 15 is 0 Å². The molecule has 0 spiro atoms. The average Bonchev–Trinajstić information content (AvgIpc) is 2.07. The van der Waals surface area contributed by atoms with Gasteiger partial charge in [0.2, 0.25) is 0 Å². The Kier molecular flexibility index (Phi) is 1.97. The minimum atomic E-state index is -0.344. The van der Waals surface area contributed by atoms with E-state index in [-0.39, 0.29) is 5.82 Å². The topological polar surface area (TPSA) is 31.6 Å². The molecule has 0 fully saturated rings. The molecule has 0 aliphatic heterocycles. The number of rotatable bonds is 0. The molecule has 1 heterocycles. The van der Waals surface area contributed by atoms with Gasteiger partial charge in [0.25, 0.3) is 0 Å². The van der Waals surface area contributed by atoms with E-state index in [2.05, 4.69) is 9.97 Å². The summed E-state index contributed by atoms with van der Waals surface area (Å²) in [5.41, 5.74) is 0.358. The molecular formula is C8H5FN2S2. The minimum Gasteiger partial charge on any atom is -0.329 e. The Morgan fingerprint density at radius 1 is 1.15 bits per heavy atom. The summed E-state index contributed by atoms with van der Waals surface area (Å²) in [7, 11) is 0. The van der Waals surface area contributed by atoms with E-state index in [1.165, 1.54) is 6.07 Å². The lowest BCUT2D eigenvalue weighted by atomic mass is 10.2. The van der Waals surface area contributed by atoms with E-state index in [9.17, 15) is 4.39 Å². The number of H-pyrrole nitrogens is 2. The zero-order chi connectivity index (χ0) is 9.42. The van der Waals surface area contributed by atoms with Crippen molar-refractivity contribution in [1.82, 2.24) is 9.97 Å². The summed E-state index contributed by atoms with van der Waals surface area (Å²) < 4.78 is 14.0. The summed E-state index contributed by atoms with van der Waals surface area (Å²) in [4.78, 5) is 5.46. The average molecular weight is 212 g/mol. The lowest BCUT2D eigenvalue weighted by Crippen LogP contribution is -1.88. The zero-order valence-corrected chi connectivity index (χ0v) is 8.06. The van der Waals surface area contributed by atoms with Crippen molar-refractivity contribution in [3.05, 3.63) is 33.4 Å². The molecule has 0 unspecified atom stereocenters. The second-order valence-corrected chi connectivity index (χ2v) is 3.39. The Labute approximate surface area is 83.4 Å². The van der Waals surface area contributed by atoms with Gasteiger partial charge < -0.3 is 9.97 Å². The van der Waals surface area contributed by atoms with Crippen LogP contribution in [-0.2, 0) is 0 Å². The van der Waals surface area contributed by atoms with Gasteiger partial charge >= 0.3 is 0 Å². The van der Waals surface area contributed by atoms with Gasteiger partial charge in [-0.25, -0.2) is 4.39 Å². The maximum Gasteiger partial charge on any atom is 0.176 e. The van der Waals surface area contributed by atoms with Crippen molar-refractivity contribution in [3.63, 3.8) is 0 Å². The highest BCUT2D eigenvalue weighted by molar-refractivity contribution is 7.72. The fraction of sp³-hybridized carbons (Fsp3) is 0. The zero-order valence-electron chi connectivity index (χ0n) is 6.43. The molecule has 2 N–H and O–H groups in total. The molecule has 2 aromatic rings. The Morgan fingerprint density at radius 2 is 1.92 bits per heavy atom. The number of halogens is 1. The number of para-hydroxylation sites is 1. The first kappa shape index (κ1) is 8.52. The third-order valence-corrected chi connectivity index (χ3v) is 2.25. The van der Waals surface area contributed by atoms with Crippen LogP contribution in [-0.4, -0.2) is 9.97 Å². The molecule has 66 valence electrons. The van der Waals surface area contributed by atoms with E-state index < -0.39 is 0 Å². The predicted molar refractivity (Wildman–Crippen MR) is 54.3 cm³/mol. The van der Waals surface area contributed by atoms with E-state index in [4.69, 9.17) is 24.4 Å². The van der Waals surface area contributed by atoms with Crippen LogP contribution in [0.3, 0.4) is 0 Å². The van der Waals surface area contributed by atoms with E-state index in [1.54, 1.807) is 12.1 Å². The quantitative estimate of drug-likeness (QED) is 0.657. The van der Waals surface area contributed by atoms with Crippen molar-refractivity contribution >= 4 is 35.3 Å². The van der Waals surface area contributed by atoms with Gasteiger partial charge in [0.1, 0.15) is 10.5 Å². The van der Waals surface area contributed by atoms with Gasteiger partial charge in [-0.1, -0.05) is 18.3 Å². The van der Waals surface area contributed by atoms with Crippen molar-refractivity contribution in [2.75, 3.05) is 0 Å². The Bertz CT molecular complexity index is 570. The number of benzene rings is 1. The smallest absolute Gasteiger partial charge is 0.176 e. The molecule has 0 bridgehead atoms. The molecule has 13 heavy (non-hydrogen) atoms. The molecule has 0 saturated carbocycles. The first-order valence-corrected chi connectivity index (χ1v) is 4.41. The van der Waals surface area contributed by atoms with Crippen molar-refractivity contribution in [3.8, 4) is 0 Å². The van der Waals surface area contributed by atoms with Gasteiger partial charge in [0.15, 0.2) is 4.77 Å². The van der Waals surface area contributed by atoms with Crippen LogP contribution < -0.4 is 0 Å². The minimum absolute atomic E-state index is 0.336. The van der Waals surface area contributed by atoms with Gasteiger partial charge in [-0.05, 0) is 24.4 Å². The maximum absolute atomic E-state index is 13.2. The second kappa shape index (κ2) is 3.01. The summed E-state index contributed by atoms with van der Waals surface area (Å²) in [5.74, 6) is -0.344. The Morgan fingerprint density at radius 3 is 2.69 bits per heavy atom. The molecular weight excluding hydrogens is 207 g/mol. The molecule has 5 heteroatoms. The first-order chi connectivity index (χ1) is 6.18. The molecule has 0 saturated heterocycles. The number of hydrogen-bond acceptors (Lipinski definition) is 2. The number of aromatic amines is 2. The van der Waals surface area contributed by atoms with Crippen molar-refractivity contribution in [2.24, 2.45) is 0 Å². The Balaban J connectivity index is 3.12. The summed E-state index contributed by atoms with van der Waals surface area (Å²) in [6.07, 6.45) is 0. The lowest BCUT2D eigenvalue weighted by molar-refractivity contribution is 0.636. The lowest BCUT2D eigenvalue weighted by Gasteiger charge is -1.98. The normalized spacial score (nSPS) is 10.5. The molecule has 0 aliphatic rings. The van der Waals surface area contributed by atoms with Crippen LogP contribution >= 0.6 is 24.4 Å². The maximum atomic E-state index is 13.2. The van der Waals surface area contributed by atoms with Gasteiger partial charge in [0.05, 0.1) is 5.52 Å². The third-order valence-electron chi connectivity index (χ3n) is 1.72. The fourth-order valence-electron chi connectivity index (χ4n) is 1.16. The van der Waals surface area contributed by atoms with Crippen LogP contribution in [0.15, 0.2) is 18.2 Å². The molecule has 2 rings (SSSR count). The van der Waals surface area contributed by atoms with E-state index in [1.807, 2.05) is 0 Å². The highest BCUT2D eigenvalue weighted by atomic mass is 32.1. The van der Waals surface area contributed by atoms with Gasteiger partial charge in [-0.15, -0.1) is 0 Å². The predicted octanol–water partition coefficient (Wildman–Crippen LogP) is 3.09.